The molecule has 0 fully saturated rings. The van der Waals surface area contributed by atoms with Crippen molar-refractivity contribution in [3.05, 3.63) is 0 Å². The van der Waals surface area contributed by atoms with Crippen LogP contribution in [0.25, 0.3) is 0 Å². The first kappa shape index (κ1) is 8.56. The molecule has 4 heteroatoms. The van der Waals surface area contributed by atoms with E-state index in [-0.39, 0.29) is 0 Å². The van der Waals surface area contributed by atoms with Crippen LogP contribution in [0.1, 0.15) is 19.8 Å². The van der Waals surface area contributed by atoms with E-state index in [2.05, 4.69) is 5.32 Å². The molecule has 0 saturated heterocycles. The average molecular weight is 152 g/mol. The Morgan fingerprint density at radius 2 is 2.44 bits per heavy atom. The molecule has 0 saturated carbocycles. The molecule has 0 aliphatic carbocycles. The van der Waals surface area contributed by atoms with Gasteiger partial charge >= 0.3 is 6.09 Å². The van der Waals surface area contributed by atoms with Gasteiger partial charge in [0.05, 0.1) is 0 Å². The summed E-state index contributed by atoms with van der Waals surface area (Å²) in [5.41, 5.74) is -0.438. The van der Waals surface area contributed by atoms with Crippen LogP contribution in [-0.4, -0.2) is 16.7 Å². The summed E-state index contributed by atoms with van der Waals surface area (Å²) in [7, 11) is 0. The van der Waals surface area contributed by atoms with Crippen LogP contribution in [0.4, 0.5) is 4.79 Å². The second-order valence-electron chi connectivity index (χ2n) is 1.71. The molecule has 9 heavy (non-hydrogen) atoms. The lowest BCUT2D eigenvalue weighted by Gasteiger charge is -2.05. The van der Waals surface area contributed by atoms with Gasteiger partial charge in [-0.25, -0.2) is 4.79 Å². The van der Waals surface area contributed by atoms with E-state index < -0.39 is 11.6 Å². The van der Waals surface area contributed by atoms with Crippen molar-refractivity contribution >= 4 is 17.7 Å². The third-order valence-corrected chi connectivity index (χ3v) is 1.15. The van der Waals surface area contributed by atoms with E-state index in [0.29, 0.717) is 6.42 Å². The molecule has 0 aliphatic rings. The van der Waals surface area contributed by atoms with Gasteiger partial charge in [-0.3, -0.25) is 0 Å². The first-order chi connectivity index (χ1) is 4.16. The molecule has 1 amide bonds. The van der Waals surface area contributed by atoms with E-state index >= 15 is 0 Å². The fourth-order valence-electron chi connectivity index (χ4n) is 0.460. The van der Waals surface area contributed by atoms with Crippen LogP contribution < -0.4 is 5.32 Å². The van der Waals surface area contributed by atoms with E-state index in [1.807, 2.05) is 6.92 Å². The first-order valence-corrected chi connectivity index (χ1v) is 3.24. The van der Waals surface area contributed by atoms with Crippen LogP contribution in [0.5, 0.6) is 0 Å². The van der Waals surface area contributed by atoms with E-state index in [9.17, 15) is 4.79 Å². The maximum absolute atomic E-state index is 9.89. The van der Waals surface area contributed by atoms with Gasteiger partial charge in [-0.1, -0.05) is 24.9 Å². The number of alkyl halides is 1. The van der Waals surface area contributed by atoms with Gasteiger partial charge in [0, 0.05) is 0 Å². The summed E-state index contributed by atoms with van der Waals surface area (Å²) in [6, 6.07) is 0. The van der Waals surface area contributed by atoms with Crippen molar-refractivity contribution in [1.29, 1.82) is 0 Å². The Labute approximate surface area is 59.0 Å². The molecular weight excluding hydrogens is 142 g/mol. The summed E-state index contributed by atoms with van der Waals surface area (Å²) in [5, 5.41) is 10.2. The molecule has 0 spiro atoms. The standard InChI is InChI=1S/C5H10ClNO2/c1-2-3-4(6)7-5(8)9/h4,7H,2-3H2,1H3,(H,8,9). The number of amides is 1. The molecule has 0 heterocycles. The van der Waals surface area contributed by atoms with E-state index in [4.69, 9.17) is 16.7 Å². The highest BCUT2D eigenvalue weighted by Gasteiger charge is 2.03. The van der Waals surface area contributed by atoms with E-state index in [0.717, 1.165) is 6.42 Å². The minimum atomic E-state index is -1.07. The van der Waals surface area contributed by atoms with E-state index in [1.54, 1.807) is 0 Å². The van der Waals surface area contributed by atoms with E-state index in [1.165, 1.54) is 0 Å². The van der Waals surface area contributed by atoms with Crippen LogP contribution >= 0.6 is 11.6 Å². The smallest absolute Gasteiger partial charge is 0.405 e. The van der Waals surface area contributed by atoms with Crippen molar-refractivity contribution in [3.8, 4) is 0 Å². The van der Waals surface area contributed by atoms with Crippen molar-refractivity contribution in [2.75, 3.05) is 0 Å². The second kappa shape index (κ2) is 4.44. The predicted octanol–water partition coefficient (Wildman–Crippen LogP) is 1.62. The quantitative estimate of drug-likeness (QED) is 0.476. The Hall–Kier alpha value is -0.440. The Morgan fingerprint density at radius 1 is 1.89 bits per heavy atom. The van der Waals surface area contributed by atoms with Gasteiger partial charge in [-0.15, -0.1) is 0 Å². The van der Waals surface area contributed by atoms with Crippen LogP contribution in [0.2, 0.25) is 0 Å². The fourth-order valence-corrected chi connectivity index (χ4v) is 0.771. The molecule has 2 N–H and O–H groups in total. The molecule has 0 aromatic carbocycles. The molecule has 1 unspecified atom stereocenters. The third kappa shape index (κ3) is 5.43. The van der Waals surface area contributed by atoms with Crippen LogP contribution in [0.15, 0.2) is 0 Å². The Balaban J connectivity index is 3.26. The van der Waals surface area contributed by atoms with Crippen molar-refractivity contribution in [2.24, 2.45) is 0 Å². The monoisotopic (exact) mass is 151 g/mol. The second-order valence-corrected chi connectivity index (χ2v) is 2.23. The molecule has 0 aromatic rings. The summed E-state index contributed by atoms with van der Waals surface area (Å²) in [6.45, 7) is 1.94. The normalized spacial score (nSPS) is 12.7. The Bertz CT molecular complexity index is 97.0. The number of rotatable bonds is 3. The lowest BCUT2D eigenvalue weighted by molar-refractivity contribution is 0.193. The molecule has 1 atom stereocenters. The lowest BCUT2D eigenvalue weighted by atomic mass is 10.3. The van der Waals surface area contributed by atoms with Crippen LogP contribution in [0, 0.1) is 0 Å². The molecule has 0 rings (SSSR count). The molecule has 0 radical (unpaired) electrons. The van der Waals surface area contributed by atoms with Crippen molar-refractivity contribution < 1.29 is 9.90 Å². The summed E-state index contributed by atoms with van der Waals surface area (Å²) in [6.07, 6.45) is 0.492. The van der Waals surface area contributed by atoms with Crippen molar-refractivity contribution in [1.82, 2.24) is 5.32 Å². The number of hydrogen-bond donors (Lipinski definition) is 2. The van der Waals surface area contributed by atoms with Crippen molar-refractivity contribution in [2.45, 2.75) is 25.3 Å². The molecular formula is C5H10ClNO2. The van der Waals surface area contributed by atoms with Gasteiger partial charge < -0.3 is 10.4 Å². The zero-order valence-corrected chi connectivity index (χ0v) is 5.98. The molecule has 3 nitrogen and oxygen atoms in total. The topological polar surface area (TPSA) is 49.3 Å². The van der Waals surface area contributed by atoms with Crippen LogP contribution in [0.3, 0.4) is 0 Å². The Morgan fingerprint density at radius 3 is 2.78 bits per heavy atom. The average Bonchev–Trinajstić information content (AvgIpc) is 1.63. The largest absolute Gasteiger partial charge is 0.465 e. The summed E-state index contributed by atoms with van der Waals surface area (Å²) >= 11 is 5.48. The molecule has 54 valence electrons. The zero-order valence-electron chi connectivity index (χ0n) is 5.22. The van der Waals surface area contributed by atoms with Crippen molar-refractivity contribution in [3.63, 3.8) is 0 Å². The minimum absolute atomic E-state index is 0.438. The highest BCUT2D eigenvalue weighted by Crippen LogP contribution is 1.99. The lowest BCUT2D eigenvalue weighted by Crippen LogP contribution is -2.28. The number of hydrogen-bond acceptors (Lipinski definition) is 1. The summed E-state index contributed by atoms with van der Waals surface area (Å²) in [4.78, 5) is 9.89. The van der Waals surface area contributed by atoms with Gasteiger partial charge in [0.1, 0.15) is 5.50 Å². The Kier molecular flexibility index (Phi) is 4.22. The third-order valence-electron chi connectivity index (χ3n) is 0.822. The number of halogens is 1. The van der Waals surface area contributed by atoms with Gasteiger partial charge in [0.15, 0.2) is 0 Å². The predicted molar refractivity (Wildman–Crippen MR) is 35.7 cm³/mol. The minimum Gasteiger partial charge on any atom is -0.465 e. The highest BCUT2D eigenvalue weighted by molar-refractivity contribution is 6.21. The number of carbonyl (C=O) groups is 1. The highest BCUT2D eigenvalue weighted by atomic mass is 35.5. The van der Waals surface area contributed by atoms with Gasteiger partial charge in [0.25, 0.3) is 0 Å². The first-order valence-electron chi connectivity index (χ1n) is 2.80. The van der Waals surface area contributed by atoms with Gasteiger partial charge in [-0.2, -0.15) is 0 Å². The summed E-state index contributed by atoms with van der Waals surface area (Å²) in [5.74, 6) is 0. The number of carboxylic acid groups (broad SMARTS) is 1. The summed E-state index contributed by atoms with van der Waals surface area (Å²) < 4.78 is 0. The molecule has 0 aromatic heterocycles. The molecule has 0 bridgehead atoms. The van der Waals surface area contributed by atoms with Gasteiger partial charge in [-0.05, 0) is 6.42 Å². The zero-order chi connectivity index (χ0) is 7.28. The number of nitrogens with one attached hydrogen (secondary N) is 1. The SMILES string of the molecule is CCCC(Cl)NC(=O)O. The molecule has 0 aliphatic heterocycles. The fraction of sp³-hybridized carbons (Fsp3) is 0.800. The van der Waals surface area contributed by atoms with Gasteiger partial charge in [0.2, 0.25) is 0 Å². The maximum Gasteiger partial charge on any atom is 0.405 e. The maximum atomic E-state index is 9.89. The van der Waals surface area contributed by atoms with Crippen LogP contribution in [-0.2, 0) is 0 Å².